The molecule has 11 heteroatoms. The van der Waals surface area contributed by atoms with Crippen LogP contribution in [0.2, 0.25) is 0 Å². The molecule has 0 aromatic heterocycles. The average Bonchev–Trinajstić information content (AvgIpc) is 2.73. The molecule has 2 aliphatic rings. The molecule has 2 fully saturated rings. The fraction of sp³-hybridized carbons (Fsp3) is 0.632. The van der Waals surface area contributed by atoms with E-state index in [9.17, 15) is 26.4 Å². The van der Waals surface area contributed by atoms with Gasteiger partial charge in [-0.25, -0.2) is 0 Å². The summed E-state index contributed by atoms with van der Waals surface area (Å²) in [5.74, 6) is -0.481. The van der Waals surface area contributed by atoms with Gasteiger partial charge in [0.25, 0.3) is 10.2 Å². The fourth-order valence-electron chi connectivity index (χ4n) is 3.91. The molecule has 1 atom stereocenters. The quantitative estimate of drug-likeness (QED) is 0.706. The van der Waals surface area contributed by atoms with Crippen molar-refractivity contribution in [1.82, 2.24) is 13.5 Å². The second-order valence-electron chi connectivity index (χ2n) is 7.85. The predicted molar refractivity (Wildman–Crippen MR) is 107 cm³/mol. The van der Waals surface area contributed by atoms with Crippen molar-refractivity contribution in [3.8, 4) is 0 Å². The van der Waals surface area contributed by atoms with Crippen molar-refractivity contribution >= 4 is 21.8 Å². The smallest absolute Gasteiger partial charge is 0.368 e. The second-order valence-corrected chi connectivity index (χ2v) is 9.99. The first kappa shape index (κ1) is 22.8. The van der Waals surface area contributed by atoms with Crippen LogP contribution in [0.3, 0.4) is 0 Å². The monoisotopic (exact) mass is 448 g/mol. The molecule has 1 aromatic carbocycles. The molecule has 0 aliphatic carbocycles. The van der Waals surface area contributed by atoms with Crippen molar-refractivity contribution in [3.63, 3.8) is 0 Å². The minimum Gasteiger partial charge on any atom is -0.368 e. The van der Waals surface area contributed by atoms with Gasteiger partial charge in [0.05, 0.1) is 11.5 Å². The van der Waals surface area contributed by atoms with E-state index < -0.39 is 27.9 Å². The van der Waals surface area contributed by atoms with Crippen molar-refractivity contribution in [2.75, 3.05) is 58.3 Å². The Morgan fingerprint density at radius 3 is 2.37 bits per heavy atom. The van der Waals surface area contributed by atoms with Gasteiger partial charge in [-0.1, -0.05) is 6.07 Å². The van der Waals surface area contributed by atoms with E-state index in [1.807, 2.05) is 4.90 Å². The van der Waals surface area contributed by atoms with E-state index in [1.165, 1.54) is 24.5 Å². The molecule has 1 aromatic rings. The Balaban J connectivity index is 1.60. The zero-order valence-electron chi connectivity index (χ0n) is 17.1. The third-order valence-electron chi connectivity index (χ3n) is 5.65. The average molecular weight is 449 g/mol. The standard InChI is InChI=1S/C19H27F3N4O3S/c1-23(2)30(28,29)26-8-4-5-15(14-26)18(27)25-11-9-24(10-12-25)17-7-3-6-16(13-17)19(20,21)22/h3,6-7,13,15H,4-5,8-12,14H2,1-2H3/t15-/m0/s1. The minimum absolute atomic E-state index is 0.0858. The first-order chi connectivity index (χ1) is 14.0. The van der Waals surface area contributed by atoms with Gasteiger partial charge in [-0.05, 0) is 31.0 Å². The van der Waals surface area contributed by atoms with Crippen LogP contribution in [0.25, 0.3) is 0 Å². The van der Waals surface area contributed by atoms with Crippen molar-refractivity contribution in [1.29, 1.82) is 0 Å². The number of piperazine rings is 1. The number of nitrogens with zero attached hydrogens (tertiary/aromatic N) is 4. The lowest BCUT2D eigenvalue weighted by atomic mass is 9.97. The Labute approximate surface area is 175 Å². The van der Waals surface area contributed by atoms with E-state index in [-0.39, 0.29) is 12.5 Å². The van der Waals surface area contributed by atoms with Crippen LogP contribution in [0.5, 0.6) is 0 Å². The highest BCUT2D eigenvalue weighted by Crippen LogP contribution is 2.32. The third kappa shape index (κ3) is 4.89. The summed E-state index contributed by atoms with van der Waals surface area (Å²) in [6.07, 6.45) is -3.15. The largest absolute Gasteiger partial charge is 0.416 e. The molecule has 168 valence electrons. The molecule has 0 N–H and O–H groups in total. The summed E-state index contributed by atoms with van der Waals surface area (Å²) in [6.45, 7) is 2.21. The van der Waals surface area contributed by atoms with Crippen molar-refractivity contribution in [2.45, 2.75) is 19.0 Å². The van der Waals surface area contributed by atoms with Crippen LogP contribution in [0.15, 0.2) is 24.3 Å². The van der Waals surface area contributed by atoms with E-state index in [1.54, 1.807) is 11.0 Å². The number of carbonyl (C=O) groups excluding carboxylic acids is 1. The number of rotatable bonds is 4. The number of amides is 1. The number of piperidine rings is 1. The molecule has 30 heavy (non-hydrogen) atoms. The van der Waals surface area contributed by atoms with E-state index in [4.69, 9.17) is 0 Å². The SMILES string of the molecule is CN(C)S(=O)(=O)N1CCC[C@H](C(=O)N2CCN(c3cccc(C(F)(F)F)c3)CC2)C1. The van der Waals surface area contributed by atoms with Gasteiger partial charge < -0.3 is 9.80 Å². The van der Waals surface area contributed by atoms with Gasteiger partial charge in [-0.15, -0.1) is 0 Å². The molecule has 2 aliphatic heterocycles. The number of benzene rings is 1. The lowest BCUT2D eigenvalue weighted by Gasteiger charge is -2.39. The molecule has 2 heterocycles. The number of halogens is 3. The Hall–Kier alpha value is -1.85. The van der Waals surface area contributed by atoms with Gasteiger partial charge in [-0.2, -0.15) is 30.2 Å². The Morgan fingerprint density at radius 1 is 1.10 bits per heavy atom. The third-order valence-corrected chi connectivity index (χ3v) is 7.56. The van der Waals surface area contributed by atoms with E-state index in [2.05, 4.69) is 0 Å². The Kier molecular flexibility index (Phi) is 6.63. The van der Waals surface area contributed by atoms with Crippen molar-refractivity contribution in [2.24, 2.45) is 5.92 Å². The van der Waals surface area contributed by atoms with E-state index in [0.717, 1.165) is 16.4 Å². The van der Waals surface area contributed by atoms with Crippen LogP contribution >= 0.6 is 0 Å². The van der Waals surface area contributed by atoms with Gasteiger partial charge in [0.15, 0.2) is 0 Å². The Morgan fingerprint density at radius 2 is 1.77 bits per heavy atom. The molecule has 0 saturated carbocycles. The van der Waals surface area contributed by atoms with Gasteiger partial charge in [-0.3, -0.25) is 4.79 Å². The molecule has 7 nitrogen and oxygen atoms in total. The summed E-state index contributed by atoms with van der Waals surface area (Å²) in [7, 11) is -0.630. The summed E-state index contributed by atoms with van der Waals surface area (Å²) in [5.41, 5.74) is -0.208. The van der Waals surface area contributed by atoms with Gasteiger partial charge in [0.2, 0.25) is 5.91 Å². The Bertz CT molecular complexity index is 868. The number of hydrogen-bond donors (Lipinski definition) is 0. The molecular formula is C19H27F3N4O3S. The van der Waals surface area contributed by atoms with Gasteiger partial charge in [0, 0.05) is 59.1 Å². The van der Waals surface area contributed by atoms with E-state index >= 15 is 0 Å². The normalized spacial score (nSPS) is 21.9. The molecule has 0 unspecified atom stereocenters. The van der Waals surface area contributed by atoms with Crippen LogP contribution in [-0.2, 0) is 21.2 Å². The molecular weight excluding hydrogens is 421 g/mol. The predicted octanol–water partition coefficient (Wildman–Crippen LogP) is 1.87. The molecule has 0 spiro atoms. The molecule has 3 rings (SSSR count). The van der Waals surface area contributed by atoms with Gasteiger partial charge >= 0.3 is 6.18 Å². The molecule has 0 radical (unpaired) electrons. The fourth-order valence-corrected chi connectivity index (χ4v) is 5.10. The lowest BCUT2D eigenvalue weighted by Crippen LogP contribution is -2.54. The first-order valence-electron chi connectivity index (χ1n) is 9.89. The first-order valence-corrected chi connectivity index (χ1v) is 11.3. The highest BCUT2D eigenvalue weighted by molar-refractivity contribution is 7.86. The minimum atomic E-state index is -4.40. The number of carbonyl (C=O) groups is 1. The van der Waals surface area contributed by atoms with Crippen LogP contribution in [0.4, 0.5) is 18.9 Å². The summed E-state index contributed by atoms with van der Waals surface area (Å²) in [4.78, 5) is 16.5. The number of anilines is 1. The van der Waals surface area contributed by atoms with Crippen molar-refractivity contribution < 1.29 is 26.4 Å². The van der Waals surface area contributed by atoms with Crippen LogP contribution in [0, 0.1) is 5.92 Å². The number of hydrogen-bond acceptors (Lipinski definition) is 4. The second kappa shape index (κ2) is 8.72. The maximum atomic E-state index is 13.0. The molecule has 0 bridgehead atoms. The summed E-state index contributed by atoms with van der Waals surface area (Å²) >= 11 is 0. The van der Waals surface area contributed by atoms with Gasteiger partial charge in [0.1, 0.15) is 0 Å². The topological polar surface area (TPSA) is 64.2 Å². The zero-order chi connectivity index (χ0) is 22.1. The highest BCUT2D eigenvalue weighted by atomic mass is 32.2. The zero-order valence-corrected chi connectivity index (χ0v) is 17.9. The van der Waals surface area contributed by atoms with Crippen molar-refractivity contribution in [3.05, 3.63) is 29.8 Å². The maximum Gasteiger partial charge on any atom is 0.416 e. The van der Waals surface area contributed by atoms with Crippen LogP contribution < -0.4 is 4.90 Å². The van der Waals surface area contributed by atoms with Crippen LogP contribution in [-0.4, -0.2) is 81.2 Å². The molecule has 1 amide bonds. The molecule has 2 saturated heterocycles. The maximum absolute atomic E-state index is 13.0. The summed E-state index contributed by atoms with van der Waals surface area (Å²) in [6, 6.07) is 5.19. The summed E-state index contributed by atoms with van der Waals surface area (Å²) < 4.78 is 66.1. The number of alkyl halides is 3. The lowest BCUT2D eigenvalue weighted by molar-refractivity contribution is -0.137. The van der Waals surface area contributed by atoms with Crippen LogP contribution in [0.1, 0.15) is 18.4 Å². The van der Waals surface area contributed by atoms with E-state index in [0.29, 0.717) is 51.3 Å². The highest BCUT2D eigenvalue weighted by Gasteiger charge is 2.36. The summed E-state index contributed by atoms with van der Waals surface area (Å²) in [5, 5.41) is 0.